The molecule has 0 aromatic heterocycles. The highest BCUT2D eigenvalue weighted by atomic mass is 79.9. The number of ether oxygens (including phenoxy) is 2. The summed E-state index contributed by atoms with van der Waals surface area (Å²) in [6.45, 7) is 4.08. The number of nitrogens with zero attached hydrogens (tertiary/aromatic N) is 1. The van der Waals surface area contributed by atoms with Crippen LogP contribution in [0.2, 0.25) is 0 Å². The second-order valence-corrected chi connectivity index (χ2v) is 7.54. The lowest BCUT2D eigenvalue weighted by Gasteiger charge is -2.42. The lowest BCUT2D eigenvalue weighted by molar-refractivity contribution is -0.155. The minimum Gasteiger partial charge on any atom is -0.384 e. The van der Waals surface area contributed by atoms with Crippen molar-refractivity contribution in [3.05, 3.63) is 34.3 Å². The van der Waals surface area contributed by atoms with Crippen LogP contribution in [0.25, 0.3) is 0 Å². The summed E-state index contributed by atoms with van der Waals surface area (Å²) in [5.41, 5.74) is 0.725. The Labute approximate surface area is 151 Å². The number of nitrogens with one attached hydrogen (secondary N) is 1. The molecule has 1 aromatic carbocycles. The number of rotatable bonds is 4. The van der Waals surface area contributed by atoms with E-state index in [1.807, 2.05) is 17.0 Å². The highest BCUT2D eigenvalue weighted by Gasteiger charge is 2.43. The van der Waals surface area contributed by atoms with E-state index in [1.54, 1.807) is 7.11 Å². The van der Waals surface area contributed by atoms with Crippen molar-refractivity contribution in [3.63, 3.8) is 0 Å². The van der Waals surface area contributed by atoms with E-state index in [4.69, 9.17) is 9.47 Å². The summed E-state index contributed by atoms with van der Waals surface area (Å²) in [6.07, 6.45) is 1.61. The van der Waals surface area contributed by atoms with E-state index in [-0.39, 0.29) is 17.4 Å². The molecule has 24 heavy (non-hydrogen) atoms. The third kappa shape index (κ3) is 3.82. The SMILES string of the molecule is COCC1(C(=O)N2CCOC(c3ccc(Br)cc3)C2)CCNCC1. The first-order valence-corrected chi connectivity index (χ1v) is 9.30. The molecule has 0 saturated carbocycles. The van der Waals surface area contributed by atoms with Crippen LogP contribution >= 0.6 is 15.9 Å². The molecular weight excluding hydrogens is 372 g/mol. The Morgan fingerprint density at radius 3 is 2.75 bits per heavy atom. The Hall–Kier alpha value is -0.950. The second kappa shape index (κ2) is 7.95. The minimum atomic E-state index is -0.387. The predicted octanol–water partition coefficient (Wildman–Crippen LogP) is 2.37. The average molecular weight is 397 g/mol. The van der Waals surface area contributed by atoms with E-state index in [2.05, 4.69) is 33.4 Å². The van der Waals surface area contributed by atoms with Crippen LogP contribution in [0.1, 0.15) is 24.5 Å². The number of carbonyl (C=O) groups is 1. The first-order valence-electron chi connectivity index (χ1n) is 8.51. The summed E-state index contributed by atoms with van der Waals surface area (Å²) >= 11 is 3.46. The summed E-state index contributed by atoms with van der Waals surface area (Å²) in [7, 11) is 1.68. The molecule has 0 radical (unpaired) electrons. The van der Waals surface area contributed by atoms with Crippen molar-refractivity contribution >= 4 is 21.8 Å². The summed E-state index contributed by atoms with van der Waals surface area (Å²) in [5.74, 6) is 0.219. The normalized spacial score (nSPS) is 23.9. The molecule has 2 aliphatic rings. The molecule has 2 heterocycles. The van der Waals surface area contributed by atoms with Gasteiger partial charge in [0.05, 0.1) is 25.2 Å². The molecule has 2 saturated heterocycles. The van der Waals surface area contributed by atoms with Gasteiger partial charge < -0.3 is 19.7 Å². The van der Waals surface area contributed by atoms with Gasteiger partial charge in [-0.2, -0.15) is 0 Å². The molecule has 5 nitrogen and oxygen atoms in total. The van der Waals surface area contributed by atoms with E-state index in [0.717, 1.165) is 36.0 Å². The van der Waals surface area contributed by atoms with Gasteiger partial charge in [-0.3, -0.25) is 4.79 Å². The third-order valence-electron chi connectivity index (χ3n) is 5.03. The second-order valence-electron chi connectivity index (χ2n) is 6.63. The van der Waals surface area contributed by atoms with Crippen molar-refractivity contribution in [1.82, 2.24) is 10.2 Å². The molecule has 1 atom stereocenters. The van der Waals surface area contributed by atoms with Crippen molar-refractivity contribution in [1.29, 1.82) is 0 Å². The molecule has 0 bridgehead atoms. The monoisotopic (exact) mass is 396 g/mol. The standard InChI is InChI=1S/C18H25BrN2O3/c1-23-13-18(6-8-20-9-7-18)17(22)21-10-11-24-16(12-21)14-2-4-15(19)5-3-14/h2-5,16,20H,6-13H2,1H3. The largest absolute Gasteiger partial charge is 0.384 e. The van der Waals surface area contributed by atoms with Crippen molar-refractivity contribution in [3.8, 4) is 0 Å². The van der Waals surface area contributed by atoms with Gasteiger partial charge in [-0.25, -0.2) is 0 Å². The van der Waals surface area contributed by atoms with Crippen LogP contribution in [0.5, 0.6) is 0 Å². The maximum Gasteiger partial charge on any atom is 0.231 e. The summed E-state index contributed by atoms with van der Waals surface area (Å²) in [4.78, 5) is 15.2. The predicted molar refractivity (Wildman–Crippen MR) is 95.8 cm³/mol. The molecule has 6 heteroatoms. The van der Waals surface area contributed by atoms with Crippen LogP contribution in [0, 0.1) is 5.41 Å². The number of amides is 1. The molecule has 132 valence electrons. The number of hydrogen-bond acceptors (Lipinski definition) is 4. The van der Waals surface area contributed by atoms with Gasteiger partial charge in [0.15, 0.2) is 0 Å². The van der Waals surface area contributed by atoms with Crippen molar-refractivity contribution < 1.29 is 14.3 Å². The first-order chi connectivity index (χ1) is 11.6. The highest BCUT2D eigenvalue weighted by Crippen LogP contribution is 2.34. The molecule has 0 aliphatic carbocycles. The number of carbonyl (C=O) groups excluding carboxylic acids is 1. The molecule has 1 N–H and O–H groups in total. The maximum atomic E-state index is 13.3. The molecule has 2 aliphatic heterocycles. The summed E-state index contributed by atoms with van der Waals surface area (Å²) in [5, 5.41) is 3.34. The molecule has 3 rings (SSSR count). The number of halogens is 1. The van der Waals surface area contributed by atoms with Gasteiger partial charge in [0.1, 0.15) is 6.10 Å². The van der Waals surface area contributed by atoms with E-state index in [9.17, 15) is 4.79 Å². The fraction of sp³-hybridized carbons (Fsp3) is 0.611. The Kier molecular flexibility index (Phi) is 5.92. The molecule has 1 aromatic rings. The maximum absolute atomic E-state index is 13.3. The van der Waals surface area contributed by atoms with Crippen molar-refractivity contribution in [2.45, 2.75) is 18.9 Å². The van der Waals surface area contributed by atoms with E-state index in [1.165, 1.54) is 0 Å². The van der Waals surface area contributed by atoms with Gasteiger partial charge in [0.25, 0.3) is 0 Å². The third-order valence-corrected chi connectivity index (χ3v) is 5.56. The van der Waals surface area contributed by atoms with Gasteiger partial charge in [0, 0.05) is 18.1 Å². The highest BCUT2D eigenvalue weighted by molar-refractivity contribution is 9.10. The number of morpholine rings is 1. The van der Waals surface area contributed by atoms with Crippen LogP contribution in [-0.4, -0.2) is 57.3 Å². The van der Waals surface area contributed by atoms with Crippen LogP contribution in [0.4, 0.5) is 0 Å². The molecular formula is C18H25BrN2O3. The van der Waals surface area contributed by atoms with E-state index in [0.29, 0.717) is 26.3 Å². The van der Waals surface area contributed by atoms with Gasteiger partial charge in [0.2, 0.25) is 5.91 Å². The number of hydrogen-bond donors (Lipinski definition) is 1. The Morgan fingerprint density at radius 1 is 1.38 bits per heavy atom. The van der Waals surface area contributed by atoms with Crippen LogP contribution in [-0.2, 0) is 14.3 Å². The fourth-order valence-corrected chi connectivity index (χ4v) is 3.91. The zero-order chi connectivity index (χ0) is 17.0. The van der Waals surface area contributed by atoms with Gasteiger partial charge in [-0.15, -0.1) is 0 Å². The van der Waals surface area contributed by atoms with Crippen LogP contribution in [0.15, 0.2) is 28.7 Å². The lowest BCUT2D eigenvalue weighted by atomic mass is 9.78. The Bertz CT molecular complexity index is 552. The Balaban J connectivity index is 1.73. The van der Waals surface area contributed by atoms with Gasteiger partial charge >= 0.3 is 0 Å². The van der Waals surface area contributed by atoms with Crippen molar-refractivity contribution in [2.24, 2.45) is 5.41 Å². The molecule has 0 spiro atoms. The quantitative estimate of drug-likeness (QED) is 0.848. The Morgan fingerprint density at radius 2 is 2.08 bits per heavy atom. The van der Waals surface area contributed by atoms with E-state index >= 15 is 0 Å². The molecule has 1 unspecified atom stereocenters. The summed E-state index contributed by atoms with van der Waals surface area (Å²) in [6, 6.07) is 8.13. The number of piperidine rings is 1. The minimum absolute atomic E-state index is 0.0582. The topological polar surface area (TPSA) is 50.8 Å². The molecule has 2 fully saturated rings. The average Bonchev–Trinajstić information content (AvgIpc) is 2.63. The number of methoxy groups -OCH3 is 1. The molecule has 1 amide bonds. The summed E-state index contributed by atoms with van der Waals surface area (Å²) < 4.78 is 12.4. The van der Waals surface area contributed by atoms with Crippen molar-refractivity contribution in [2.75, 3.05) is 46.5 Å². The van der Waals surface area contributed by atoms with Crippen LogP contribution < -0.4 is 5.32 Å². The van der Waals surface area contributed by atoms with E-state index < -0.39 is 0 Å². The van der Waals surface area contributed by atoms with Gasteiger partial charge in [-0.1, -0.05) is 28.1 Å². The lowest BCUT2D eigenvalue weighted by Crippen LogP contribution is -2.54. The first kappa shape index (κ1) is 17.9. The van der Waals surface area contributed by atoms with Gasteiger partial charge in [-0.05, 0) is 43.6 Å². The number of benzene rings is 1. The van der Waals surface area contributed by atoms with Crippen LogP contribution in [0.3, 0.4) is 0 Å². The zero-order valence-corrected chi connectivity index (χ0v) is 15.7. The fourth-order valence-electron chi connectivity index (χ4n) is 3.65. The zero-order valence-electron chi connectivity index (χ0n) is 14.1. The smallest absolute Gasteiger partial charge is 0.231 e.